The van der Waals surface area contributed by atoms with Crippen LogP contribution in [0.2, 0.25) is 0 Å². The fourth-order valence-corrected chi connectivity index (χ4v) is 1.85. The Hall–Kier alpha value is -3.07. The number of benzene rings is 1. The standard InChI is InChI=1S/C15H13N3O3/c16-8-11-4-1-2-5-12(11)9-18-7-3-6-13(15(18)20)21-10-14(17)19/h1-7H,9-10H2,(H2,17,19). The maximum atomic E-state index is 12.2. The van der Waals surface area contributed by atoms with Crippen LogP contribution >= 0.6 is 0 Å². The molecule has 0 unspecified atom stereocenters. The first kappa shape index (κ1) is 14.3. The Kier molecular flexibility index (Phi) is 4.36. The molecule has 0 aliphatic carbocycles. The SMILES string of the molecule is N#Cc1ccccc1Cn1cccc(OCC(N)=O)c1=O. The molecule has 0 saturated carbocycles. The second-order valence-corrected chi connectivity index (χ2v) is 4.33. The summed E-state index contributed by atoms with van der Waals surface area (Å²) in [6.45, 7) is -0.107. The summed E-state index contributed by atoms with van der Waals surface area (Å²) < 4.78 is 6.47. The zero-order valence-electron chi connectivity index (χ0n) is 11.2. The number of carbonyl (C=O) groups is 1. The Labute approximate surface area is 121 Å². The van der Waals surface area contributed by atoms with Gasteiger partial charge < -0.3 is 15.0 Å². The van der Waals surface area contributed by atoms with E-state index in [1.54, 1.807) is 36.5 Å². The number of amides is 1. The van der Waals surface area contributed by atoms with Crippen molar-refractivity contribution >= 4 is 5.91 Å². The molecule has 21 heavy (non-hydrogen) atoms. The third-order valence-electron chi connectivity index (χ3n) is 2.83. The van der Waals surface area contributed by atoms with Crippen LogP contribution in [0.4, 0.5) is 0 Å². The van der Waals surface area contributed by atoms with Gasteiger partial charge in [-0.05, 0) is 23.8 Å². The summed E-state index contributed by atoms with van der Waals surface area (Å²) in [5, 5.41) is 9.05. The van der Waals surface area contributed by atoms with Gasteiger partial charge in [0.2, 0.25) is 0 Å². The van der Waals surface area contributed by atoms with Crippen LogP contribution in [0.3, 0.4) is 0 Å². The predicted molar refractivity (Wildman–Crippen MR) is 75.7 cm³/mol. The third kappa shape index (κ3) is 3.48. The minimum Gasteiger partial charge on any atom is -0.478 e. The molecule has 1 aromatic heterocycles. The average Bonchev–Trinajstić information content (AvgIpc) is 2.48. The number of hydrogen-bond donors (Lipinski definition) is 1. The van der Waals surface area contributed by atoms with E-state index in [-0.39, 0.29) is 24.5 Å². The van der Waals surface area contributed by atoms with Crippen LogP contribution in [-0.2, 0) is 11.3 Å². The van der Waals surface area contributed by atoms with Crippen LogP contribution < -0.4 is 16.0 Å². The molecule has 106 valence electrons. The van der Waals surface area contributed by atoms with Crippen LogP contribution in [0.25, 0.3) is 0 Å². The monoisotopic (exact) mass is 283 g/mol. The molecule has 0 atom stereocenters. The van der Waals surface area contributed by atoms with Crippen molar-refractivity contribution in [2.75, 3.05) is 6.61 Å². The Morgan fingerprint density at radius 2 is 2.05 bits per heavy atom. The highest BCUT2D eigenvalue weighted by Crippen LogP contribution is 2.10. The second-order valence-electron chi connectivity index (χ2n) is 4.33. The van der Waals surface area contributed by atoms with Crippen molar-refractivity contribution in [1.29, 1.82) is 5.26 Å². The molecular formula is C15H13N3O3. The number of nitrogens with two attached hydrogens (primary N) is 1. The molecule has 2 rings (SSSR count). The highest BCUT2D eigenvalue weighted by atomic mass is 16.5. The third-order valence-corrected chi connectivity index (χ3v) is 2.83. The quantitative estimate of drug-likeness (QED) is 0.870. The maximum absolute atomic E-state index is 12.2. The number of carbonyl (C=O) groups excluding carboxylic acids is 1. The maximum Gasteiger partial charge on any atom is 0.293 e. The summed E-state index contributed by atoms with van der Waals surface area (Å²) in [4.78, 5) is 22.9. The highest BCUT2D eigenvalue weighted by Gasteiger charge is 2.08. The lowest BCUT2D eigenvalue weighted by atomic mass is 10.1. The minimum atomic E-state index is -0.653. The van der Waals surface area contributed by atoms with Gasteiger partial charge in [-0.25, -0.2) is 0 Å². The molecule has 0 aliphatic rings. The molecule has 1 heterocycles. The first-order valence-corrected chi connectivity index (χ1v) is 6.20. The summed E-state index contributed by atoms with van der Waals surface area (Å²) >= 11 is 0. The van der Waals surface area contributed by atoms with Gasteiger partial charge in [-0.3, -0.25) is 9.59 Å². The number of hydrogen-bond acceptors (Lipinski definition) is 4. The number of nitrogens with zero attached hydrogens (tertiary/aromatic N) is 2. The highest BCUT2D eigenvalue weighted by molar-refractivity contribution is 5.75. The molecule has 0 spiro atoms. The van der Waals surface area contributed by atoms with Gasteiger partial charge in [-0.1, -0.05) is 18.2 Å². The number of nitriles is 1. The van der Waals surface area contributed by atoms with Crippen LogP contribution in [0, 0.1) is 11.3 Å². The van der Waals surface area contributed by atoms with Crippen molar-refractivity contribution in [1.82, 2.24) is 4.57 Å². The van der Waals surface area contributed by atoms with Crippen molar-refractivity contribution in [3.8, 4) is 11.8 Å². The van der Waals surface area contributed by atoms with Crippen LogP contribution in [-0.4, -0.2) is 17.1 Å². The zero-order chi connectivity index (χ0) is 15.2. The van der Waals surface area contributed by atoms with Crippen molar-refractivity contribution in [3.63, 3.8) is 0 Å². The van der Waals surface area contributed by atoms with Crippen molar-refractivity contribution in [3.05, 3.63) is 64.1 Å². The fraction of sp³-hybridized carbons (Fsp3) is 0.133. The normalized spacial score (nSPS) is 9.86. The summed E-state index contributed by atoms with van der Waals surface area (Å²) in [5.74, 6) is -0.606. The summed E-state index contributed by atoms with van der Waals surface area (Å²) in [6, 6.07) is 12.2. The molecule has 0 bridgehead atoms. The van der Waals surface area contributed by atoms with E-state index in [1.807, 2.05) is 0 Å². The Bertz CT molecular complexity index is 759. The molecule has 2 aromatic rings. The van der Waals surface area contributed by atoms with Crippen LogP contribution in [0.1, 0.15) is 11.1 Å². The van der Waals surface area contributed by atoms with E-state index in [9.17, 15) is 9.59 Å². The largest absolute Gasteiger partial charge is 0.478 e. The molecule has 6 nitrogen and oxygen atoms in total. The van der Waals surface area contributed by atoms with Gasteiger partial charge in [0, 0.05) is 6.20 Å². The number of rotatable bonds is 5. The van der Waals surface area contributed by atoms with Crippen LogP contribution in [0.5, 0.6) is 5.75 Å². The van der Waals surface area contributed by atoms with Gasteiger partial charge in [0.05, 0.1) is 18.2 Å². The van der Waals surface area contributed by atoms with Gasteiger partial charge in [0.25, 0.3) is 11.5 Å². The first-order chi connectivity index (χ1) is 10.1. The molecule has 1 amide bonds. The molecule has 0 radical (unpaired) electrons. The summed E-state index contributed by atoms with van der Waals surface area (Å²) in [5.41, 5.74) is 5.84. The Balaban J connectivity index is 2.29. The van der Waals surface area contributed by atoms with Crippen molar-refractivity contribution < 1.29 is 9.53 Å². The van der Waals surface area contributed by atoms with E-state index in [1.165, 1.54) is 10.6 Å². The Morgan fingerprint density at radius 1 is 1.29 bits per heavy atom. The zero-order valence-corrected chi connectivity index (χ0v) is 11.2. The molecule has 1 aromatic carbocycles. The molecular weight excluding hydrogens is 270 g/mol. The van der Waals surface area contributed by atoms with Gasteiger partial charge in [-0.15, -0.1) is 0 Å². The van der Waals surface area contributed by atoms with E-state index in [0.29, 0.717) is 5.56 Å². The first-order valence-electron chi connectivity index (χ1n) is 6.20. The molecule has 0 fully saturated rings. The Morgan fingerprint density at radius 3 is 2.76 bits per heavy atom. The average molecular weight is 283 g/mol. The van der Waals surface area contributed by atoms with Crippen molar-refractivity contribution in [2.45, 2.75) is 6.54 Å². The number of pyridine rings is 1. The van der Waals surface area contributed by atoms with Gasteiger partial charge in [-0.2, -0.15) is 5.26 Å². The van der Waals surface area contributed by atoms with Gasteiger partial charge >= 0.3 is 0 Å². The van der Waals surface area contributed by atoms with E-state index in [4.69, 9.17) is 15.7 Å². The molecule has 0 saturated heterocycles. The summed E-state index contributed by atoms with van der Waals surface area (Å²) in [6.07, 6.45) is 1.59. The lowest BCUT2D eigenvalue weighted by molar-refractivity contribution is -0.119. The second kappa shape index (κ2) is 6.39. The lowest BCUT2D eigenvalue weighted by Crippen LogP contribution is -2.26. The van der Waals surface area contributed by atoms with E-state index in [0.717, 1.165) is 5.56 Å². The lowest BCUT2D eigenvalue weighted by Gasteiger charge is -2.09. The van der Waals surface area contributed by atoms with Crippen molar-refractivity contribution in [2.24, 2.45) is 5.73 Å². The van der Waals surface area contributed by atoms with E-state index < -0.39 is 5.91 Å². The molecule has 0 aliphatic heterocycles. The molecule has 6 heteroatoms. The van der Waals surface area contributed by atoms with E-state index in [2.05, 4.69) is 6.07 Å². The smallest absolute Gasteiger partial charge is 0.293 e. The number of ether oxygens (including phenoxy) is 1. The minimum absolute atomic E-state index is 0.0470. The number of primary amides is 1. The molecule has 2 N–H and O–H groups in total. The summed E-state index contributed by atoms with van der Waals surface area (Å²) in [7, 11) is 0. The predicted octanol–water partition coefficient (Wildman–Crippen LogP) is 0.632. The van der Waals surface area contributed by atoms with Gasteiger partial charge in [0.15, 0.2) is 12.4 Å². The van der Waals surface area contributed by atoms with Gasteiger partial charge in [0.1, 0.15) is 0 Å². The topological polar surface area (TPSA) is 98.1 Å². The van der Waals surface area contributed by atoms with Crippen LogP contribution in [0.15, 0.2) is 47.4 Å². The number of aromatic nitrogens is 1. The van der Waals surface area contributed by atoms with E-state index >= 15 is 0 Å². The fourth-order valence-electron chi connectivity index (χ4n) is 1.85.